The van der Waals surface area contributed by atoms with Gasteiger partial charge in [0.1, 0.15) is 0 Å². The maximum atomic E-state index is 12.7. The molecular formula is C20H22ClN3O4S. The van der Waals surface area contributed by atoms with Gasteiger partial charge in [-0.2, -0.15) is 0 Å². The average Bonchev–Trinajstić information content (AvgIpc) is 2.95. The molecule has 1 N–H and O–H groups in total. The first-order valence-corrected chi connectivity index (χ1v) is 11.0. The minimum Gasteiger partial charge on any atom is -0.350 e. The Bertz CT molecular complexity index is 1040. The molecule has 0 aliphatic carbocycles. The van der Waals surface area contributed by atoms with Crippen molar-refractivity contribution in [3.8, 4) is 0 Å². The summed E-state index contributed by atoms with van der Waals surface area (Å²) in [6.45, 7) is 0.306. The average molecular weight is 436 g/mol. The van der Waals surface area contributed by atoms with E-state index in [1.165, 1.54) is 12.1 Å². The van der Waals surface area contributed by atoms with Crippen LogP contribution >= 0.6 is 11.6 Å². The molecule has 2 aromatic carbocycles. The Morgan fingerprint density at radius 2 is 1.93 bits per heavy atom. The van der Waals surface area contributed by atoms with Crippen LogP contribution < -0.4 is 9.62 Å². The summed E-state index contributed by atoms with van der Waals surface area (Å²) in [6, 6.07) is 13.3. The van der Waals surface area contributed by atoms with Gasteiger partial charge in [-0.25, -0.2) is 12.7 Å². The third kappa shape index (κ3) is 4.60. The number of carbonyl (C=O) groups excluding carboxylic acids is 2. The van der Waals surface area contributed by atoms with Crippen molar-refractivity contribution in [1.82, 2.24) is 10.2 Å². The first-order valence-electron chi connectivity index (χ1n) is 9.05. The van der Waals surface area contributed by atoms with Crippen molar-refractivity contribution in [2.45, 2.75) is 12.5 Å². The Morgan fingerprint density at radius 3 is 2.55 bits per heavy atom. The fourth-order valence-electron chi connectivity index (χ4n) is 3.25. The molecule has 29 heavy (non-hydrogen) atoms. The molecule has 0 spiro atoms. The number of rotatable bonds is 6. The molecule has 2 aromatic rings. The zero-order chi connectivity index (χ0) is 21.2. The van der Waals surface area contributed by atoms with Gasteiger partial charge in [0.25, 0.3) is 5.91 Å². The Labute approximate surface area is 175 Å². The molecule has 7 nitrogen and oxygen atoms in total. The molecule has 0 bridgehead atoms. The molecule has 0 aromatic heterocycles. The van der Waals surface area contributed by atoms with Gasteiger partial charge in [0.15, 0.2) is 0 Å². The predicted octanol–water partition coefficient (Wildman–Crippen LogP) is 2.44. The molecule has 1 fully saturated rings. The third-order valence-corrected chi connectivity index (χ3v) is 6.80. The summed E-state index contributed by atoms with van der Waals surface area (Å²) < 4.78 is 25.0. The van der Waals surface area contributed by atoms with Crippen LogP contribution in [-0.4, -0.2) is 51.5 Å². The Balaban J connectivity index is 1.77. The van der Waals surface area contributed by atoms with Gasteiger partial charge >= 0.3 is 0 Å². The quantitative estimate of drug-likeness (QED) is 0.753. The molecule has 1 atom stereocenters. The first-order chi connectivity index (χ1) is 13.7. The van der Waals surface area contributed by atoms with Crippen molar-refractivity contribution in [1.29, 1.82) is 0 Å². The van der Waals surface area contributed by atoms with E-state index in [1.807, 2.05) is 37.2 Å². The highest BCUT2D eigenvalue weighted by atomic mass is 35.5. The molecule has 0 unspecified atom stereocenters. The second-order valence-corrected chi connectivity index (χ2v) is 9.33. The highest BCUT2D eigenvalue weighted by Gasteiger charge is 2.36. The number of halogens is 1. The summed E-state index contributed by atoms with van der Waals surface area (Å²) in [4.78, 5) is 26.6. The number of benzene rings is 2. The predicted molar refractivity (Wildman–Crippen MR) is 113 cm³/mol. The smallest absolute Gasteiger partial charge is 0.251 e. The van der Waals surface area contributed by atoms with E-state index in [0.29, 0.717) is 11.6 Å². The van der Waals surface area contributed by atoms with Gasteiger partial charge in [-0.3, -0.25) is 9.59 Å². The van der Waals surface area contributed by atoms with Crippen molar-refractivity contribution >= 4 is 39.1 Å². The number of nitrogens with zero attached hydrogens (tertiary/aromatic N) is 2. The van der Waals surface area contributed by atoms with Crippen molar-refractivity contribution in [2.24, 2.45) is 0 Å². The molecule has 154 valence electrons. The van der Waals surface area contributed by atoms with Crippen LogP contribution in [0.3, 0.4) is 0 Å². The minimum atomic E-state index is -3.68. The van der Waals surface area contributed by atoms with Gasteiger partial charge in [0.05, 0.1) is 17.5 Å². The van der Waals surface area contributed by atoms with E-state index >= 15 is 0 Å². The zero-order valence-corrected chi connectivity index (χ0v) is 17.7. The number of sulfonamides is 1. The highest BCUT2D eigenvalue weighted by Crippen LogP contribution is 2.27. The molecule has 1 saturated heterocycles. The van der Waals surface area contributed by atoms with Crippen LogP contribution in [0.5, 0.6) is 0 Å². The number of carbonyl (C=O) groups is 2. The molecule has 3 rings (SSSR count). The normalized spacial score (nSPS) is 16.8. The van der Waals surface area contributed by atoms with Crippen molar-refractivity contribution in [3.05, 3.63) is 64.7 Å². The number of hydrogen-bond acceptors (Lipinski definition) is 5. The third-order valence-electron chi connectivity index (χ3n) is 4.76. The maximum Gasteiger partial charge on any atom is 0.251 e. The Hall–Kier alpha value is -2.42. The van der Waals surface area contributed by atoms with Gasteiger partial charge in [-0.15, -0.1) is 0 Å². The maximum absolute atomic E-state index is 12.7. The van der Waals surface area contributed by atoms with E-state index in [9.17, 15) is 18.0 Å². The van der Waals surface area contributed by atoms with Crippen LogP contribution in [0.15, 0.2) is 48.5 Å². The summed E-state index contributed by atoms with van der Waals surface area (Å²) in [5, 5.41) is 3.47. The lowest BCUT2D eigenvalue weighted by Gasteiger charge is -2.26. The van der Waals surface area contributed by atoms with Gasteiger partial charge in [-0.05, 0) is 43.9 Å². The molecule has 0 radical (unpaired) electrons. The topological polar surface area (TPSA) is 86.8 Å². The van der Waals surface area contributed by atoms with E-state index in [0.717, 1.165) is 9.87 Å². The van der Waals surface area contributed by atoms with Gasteiger partial charge < -0.3 is 10.2 Å². The molecule has 2 amide bonds. The number of likely N-dealkylation sites (N-methyl/N-ethyl adjacent to an activating group) is 1. The van der Waals surface area contributed by atoms with E-state index in [2.05, 4.69) is 5.32 Å². The lowest BCUT2D eigenvalue weighted by molar-refractivity contribution is -0.116. The molecule has 9 heteroatoms. The zero-order valence-electron chi connectivity index (χ0n) is 16.1. The summed E-state index contributed by atoms with van der Waals surface area (Å²) >= 11 is 6.30. The van der Waals surface area contributed by atoms with E-state index in [1.54, 1.807) is 18.2 Å². The Morgan fingerprint density at radius 1 is 1.21 bits per heavy atom. The van der Waals surface area contributed by atoms with Crippen LogP contribution in [0.4, 0.5) is 5.69 Å². The van der Waals surface area contributed by atoms with E-state index in [-0.39, 0.29) is 35.4 Å². The summed E-state index contributed by atoms with van der Waals surface area (Å²) in [7, 11) is 0.108. The SMILES string of the molecule is CN(C)[C@@H](CNC(=O)c1cccc(N2C(=O)CCS2(=O)=O)c1)c1ccccc1Cl. The number of hydrogen-bond donors (Lipinski definition) is 1. The molecule has 0 saturated carbocycles. The van der Waals surface area contributed by atoms with Gasteiger partial charge in [-0.1, -0.05) is 35.9 Å². The summed E-state index contributed by atoms with van der Waals surface area (Å²) in [5.41, 5.74) is 1.34. The van der Waals surface area contributed by atoms with Crippen LogP contribution in [-0.2, 0) is 14.8 Å². The molecule has 1 heterocycles. The monoisotopic (exact) mass is 435 g/mol. The summed E-state index contributed by atoms with van der Waals surface area (Å²) in [5.74, 6) is -1.08. The van der Waals surface area contributed by atoms with Crippen molar-refractivity contribution in [3.63, 3.8) is 0 Å². The molecular weight excluding hydrogens is 414 g/mol. The number of amides is 2. The van der Waals surface area contributed by atoms with Crippen LogP contribution in [0, 0.1) is 0 Å². The number of anilines is 1. The van der Waals surface area contributed by atoms with Crippen LogP contribution in [0.25, 0.3) is 0 Å². The standard InChI is InChI=1S/C20H22ClN3O4S/c1-23(2)18(16-8-3-4-9-17(16)21)13-22-20(26)14-6-5-7-15(12-14)24-19(25)10-11-29(24,27)28/h3-9,12,18H,10-11,13H2,1-2H3,(H,22,26)/t18-/m0/s1. The number of nitrogens with one attached hydrogen (secondary N) is 1. The fraction of sp³-hybridized carbons (Fsp3) is 0.300. The first kappa shape index (κ1) is 21.3. The summed E-state index contributed by atoms with van der Waals surface area (Å²) in [6.07, 6.45) is -0.0545. The molecule has 1 aliphatic heterocycles. The second kappa shape index (κ2) is 8.52. The van der Waals surface area contributed by atoms with Crippen molar-refractivity contribution < 1.29 is 18.0 Å². The van der Waals surface area contributed by atoms with Crippen molar-refractivity contribution in [2.75, 3.05) is 30.7 Å². The largest absolute Gasteiger partial charge is 0.350 e. The Kier molecular flexibility index (Phi) is 6.26. The molecule has 1 aliphatic rings. The second-order valence-electron chi connectivity index (χ2n) is 6.99. The lowest BCUT2D eigenvalue weighted by atomic mass is 10.1. The fourth-order valence-corrected chi connectivity index (χ4v) is 4.96. The van der Waals surface area contributed by atoms with Gasteiger partial charge in [0, 0.05) is 23.6 Å². The van der Waals surface area contributed by atoms with E-state index < -0.39 is 15.9 Å². The van der Waals surface area contributed by atoms with Gasteiger partial charge in [0.2, 0.25) is 15.9 Å². The van der Waals surface area contributed by atoms with Crippen LogP contribution in [0.2, 0.25) is 5.02 Å². The van der Waals surface area contributed by atoms with E-state index in [4.69, 9.17) is 11.6 Å². The minimum absolute atomic E-state index is 0.0545. The highest BCUT2D eigenvalue weighted by molar-refractivity contribution is 7.94. The lowest BCUT2D eigenvalue weighted by Crippen LogP contribution is -2.35. The van der Waals surface area contributed by atoms with Crippen LogP contribution in [0.1, 0.15) is 28.4 Å².